The molecule has 2 amide bonds. The van der Waals surface area contributed by atoms with Crippen LogP contribution in [0.15, 0.2) is 18.2 Å². The second kappa shape index (κ2) is 9.80. The number of piperidine rings is 1. The summed E-state index contributed by atoms with van der Waals surface area (Å²) >= 11 is 0. The van der Waals surface area contributed by atoms with Crippen LogP contribution in [0.1, 0.15) is 52.0 Å². The fourth-order valence-corrected chi connectivity index (χ4v) is 3.73. The quantitative estimate of drug-likeness (QED) is 0.692. The number of hydrogen-bond donors (Lipinski definition) is 1. The van der Waals surface area contributed by atoms with Gasteiger partial charge in [0.2, 0.25) is 11.8 Å². The SMILES string of the molecule is CCC1CCCCN1C(=O)C(C)(C)C(=O)NCCc1ccc(OC)c(OC)c1. The molecule has 0 radical (unpaired) electrons. The van der Waals surface area contributed by atoms with Gasteiger partial charge in [0.05, 0.1) is 14.2 Å². The summed E-state index contributed by atoms with van der Waals surface area (Å²) in [6.07, 6.45) is 4.78. The molecule has 1 aromatic rings. The summed E-state index contributed by atoms with van der Waals surface area (Å²) in [5.74, 6) is 1.05. The van der Waals surface area contributed by atoms with Crippen LogP contribution in [0.25, 0.3) is 0 Å². The van der Waals surface area contributed by atoms with E-state index in [-0.39, 0.29) is 17.9 Å². The van der Waals surface area contributed by atoms with Gasteiger partial charge in [0, 0.05) is 19.1 Å². The topological polar surface area (TPSA) is 67.9 Å². The van der Waals surface area contributed by atoms with E-state index in [1.807, 2.05) is 23.1 Å². The van der Waals surface area contributed by atoms with E-state index in [9.17, 15) is 9.59 Å². The van der Waals surface area contributed by atoms with Gasteiger partial charge in [-0.15, -0.1) is 0 Å². The number of amides is 2. The van der Waals surface area contributed by atoms with Crippen molar-refractivity contribution in [3.63, 3.8) is 0 Å². The van der Waals surface area contributed by atoms with Crippen molar-refractivity contribution in [1.82, 2.24) is 10.2 Å². The number of nitrogens with zero attached hydrogens (tertiary/aromatic N) is 1. The summed E-state index contributed by atoms with van der Waals surface area (Å²) in [5.41, 5.74) is -0.0355. The summed E-state index contributed by atoms with van der Waals surface area (Å²) in [6.45, 7) is 6.76. The van der Waals surface area contributed by atoms with E-state index in [1.165, 1.54) is 0 Å². The normalized spacial score (nSPS) is 17.2. The van der Waals surface area contributed by atoms with Crippen molar-refractivity contribution in [2.45, 2.75) is 58.9 Å². The highest BCUT2D eigenvalue weighted by atomic mass is 16.5. The van der Waals surface area contributed by atoms with E-state index in [2.05, 4.69) is 12.2 Å². The minimum Gasteiger partial charge on any atom is -0.493 e. The first kappa shape index (κ1) is 22.1. The predicted octanol–water partition coefficient (Wildman–Crippen LogP) is 3.18. The molecule has 1 aliphatic heterocycles. The zero-order valence-electron chi connectivity index (χ0n) is 17.8. The molecule has 0 aliphatic carbocycles. The number of hydrogen-bond acceptors (Lipinski definition) is 4. The third-order valence-electron chi connectivity index (χ3n) is 5.61. The number of carbonyl (C=O) groups is 2. The lowest BCUT2D eigenvalue weighted by Gasteiger charge is -2.39. The van der Waals surface area contributed by atoms with Crippen LogP contribution >= 0.6 is 0 Å². The largest absolute Gasteiger partial charge is 0.493 e. The van der Waals surface area contributed by atoms with Gasteiger partial charge in [-0.1, -0.05) is 13.0 Å². The maximum Gasteiger partial charge on any atom is 0.237 e. The number of nitrogens with one attached hydrogen (secondary N) is 1. The van der Waals surface area contributed by atoms with E-state index in [4.69, 9.17) is 9.47 Å². The Bertz CT molecular complexity index is 687. The Morgan fingerprint density at radius 3 is 2.54 bits per heavy atom. The maximum atomic E-state index is 13.1. The summed E-state index contributed by atoms with van der Waals surface area (Å²) in [6, 6.07) is 5.95. The van der Waals surface area contributed by atoms with Crippen molar-refractivity contribution < 1.29 is 19.1 Å². The molecule has 6 nitrogen and oxygen atoms in total. The van der Waals surface area contributed by atoms with Gasteiger partial charge in [-0.3, -0.25) is 9.59 Å². The Kier molecular flexibility index (Phi) is 7.72. The van der Waals surface area contributed by atoms with Crippen LogP contribution in [0, 0.1) is 5.41 Å². The van der Waals surface area contributed by atoms with E-state index in [1.54, 1.807) is 28.1 Å². The molecule has 1 aromatic carbocycles. The Labute approximate surface area is 168 Å². The fraction of sp³-hybridized carbons (Fsp3) is 0.636. The third kappa shape index (κ3) is 4.97. The van der Waals surface area contributed by atoms with Gasteiger partial charge >= 0.3 is 0 Å². The minimum absolute atomic E-state index is 0.0670. The average Bonchev–Trinajstić information content (AvgIpc) is 2.72. The van der Waals surface area contributed by atoms with Gasteiger partial charge in [0.1, 0.15) is 5.41 Å². The van der Waals surface area contributed by atoms with Crippen molar-refractivity contribution in [3.8, 4) is 11.5 Å². The number of carbonyl (C=O) groups excluding carboxylic acids is 2. The second-order valence-corrected chi connectivity index (χ2v) is 7.88. The Hall–Kier alpha value is -2.24. The molecule has 2 rings (SSSR count). The van der Waals surface area contributed by atoms with Crippen LogP contribution in [-0.4, -0.2) is 50.1 Å². The lowest BCUT2D eigenvalue weighted by molar-refractivity contribution is -0.151. The van der Waals surface area contributed by atoms with Crippen LogP contribution in [0.3, 0.4) is 0 Å². The zero-order chi connectivity index (χ0) is 20.7. The highest BCUT2D eigenvalue weighted by Gasteiger charge is 2.41. The molecule has 1 heterocycles. The van der Waals surface area contributed by atoms with Gasteiger partial charge < -0.3 is 19.7 Å². The van der Waals surface area contributed by atoms with Gasteiger partial charge in [-0.2, -0.15) is 0 Å². The monoisotopic (exact) mass is 390 g/mol. The van der Waals surface area contributed by atoms with Gasteiger partial charge in [-0.25, -0.2) is 0 Å². The van der Waals surface area contributed by atoms with Gasteiger partial charge in [0.25, 0.3) is 0 Å². The van der Waals surface area contributed by atoms with Crippen molar-refractivity contribution in [2.24, 2.45) is 5.41 Å². The van der Waals surface area contributed by atoms with Gasteiger partial charge in [-0.05, 0) is 63.6 Å². The first-order valence-electron chi connectivity index (χ1n) is 10.1. The predicted molar refractivity (Wildman–Crippen MR) is 110 cm³/mol. The van der Waals surface area contributed by atoms with Gasteiger partial charge in [0.15, 0.2) is 11.5 Å². The molecule has 1 saturated heterocycles. The maximum absolute atomic E-state index is 13.1. The molecule has 0 saturated carbocycles. The van der Waals surface area contributed by atoms with E-state index in [0.717, 1.165) is 37.8 Å². The number of ether oxygens (including phenoxy) is 2. The lowest BCUT2D eigenvalue weighted by Crippen LogP contribution is -2.54. The molecular weight excluding hydrogens is 356 g/mol. The minimum atomic E-state index is -1.07. The molecule has 1 fully saturated rings. The van der Waals surface area contributed by atoms with Crippen molar-refractivity contribution >= 4 is 11.8 Å². The van der Waals surface area contributed by atoms with Crippen LogP contribution < -0.4 is 14.8 Å². The molecular formula is C22H34N2O4. The zero-order valence-corrected chi connectivity index (χ0v) is 17.8. The first-order chi connectivity index (χ1) is 13.3. The summed E-state index contributed by atoms with van der Waals surface area (Å²) < 4.78 is 10.6. The highest BCUT2D eigenvalue weighted by Crippen LogP contribution is 2.28. The molecule has 0 spiro atoms. The number of methoxy groups -OCH3 is 2. The van der Waals surface area contributed by atoms with Crippen LogP contribution in [-0.2, 0) is 16.0 Å². The third-order valence-corrected chi connectivity index (χ3v) is 5.61. The molecule has 0 aromatic heterocycles. The molecule has 1 N–H and O–H groups in total. The summed E-state index contributed by atoms with van der Waals surface area (Å²) in [7, 11) is 3.20. The number of rotatable bonds is 8. The Morgan fingerprint density at radius 1 is 1.18 bits per heavy atom. The van der Waals surface area contributed by atoms with Crippen LogP contribution in [0.2, 0.25) is 0 Å². The summed E-state index contributed by atoms with van der Waals surface area (Å²) in [4.78, 5) is 27.7. The standard InChI is InChI=1S/C22H34N2O4/c1-6-17-9-7-8-14-24(17)21(26)22(2,3)20(25)23-13-12-16-10-11-18(27-4)19(15-16)28-5/h10-11,15,17H,6-9,12-14H2,1-5H3,(H,23,25). The van der Waals surface area contributed by atoms with Crippen molar-refractivity contribution in [1.29, 1.82) is 0 Å². The highest BCUT2D eigenvalue weighted by molar-refractivity contribution is 6.04. The van der Waals surface area contributed by atoms with Crippen molar-refractivity contribution in [2.75, 3.05) is 27.3 Å². The van der Waals surface area contributed by atoms with E-state index >= 15 is 0 Å². The molecule has 28 heavy (non-hydrogen) atoms. The molecule has 156 valence electrons. The Morgan fingerprint density at radius 2 is 1.89 bits per heavy atom. The number of likely N-dealkylation sites (tertiary alicyclic amines) is 1. The van der Waals surface area contributed by atoms with E-state index in [0.29, 0.717) is 24.5 Å². The summed E-state index contributed by atoms with van der Waals surface area (Å²) in [5, 5.41) is 2.93. The number of benzene rings is 1. The molecule has 1 atom stereocenters. The molecule has 0 bridgehead atoms. The molecule has 6 heteroatoms. The smallest absolute Gasteiger partial charge is 0.237 e. The fourth-order valence-electron chi connectivity index (χ4n) is 3.73. The second-order valence-electron chi connectivity index (χ2n) is 7.88. The molecule has 1 unspecified atom stereocenters. The first-order valence-corrected chi connectivity index (χ1v) is 10.1. The van der Waals surface area contributed by atoms with Crippen LogP contribution in [0.4, 0.5) is 0 Å². The lowest BCUT2D eigenvalue weighted by atomic mass is 9.87. The average molecular weight is 391 g/mol. The Balaban J connectivity index is 1.95. The van der Waals surface area contributed by atoms with Crippen molar-refractivity contribution in [3.05, 3.63) is 23.8 Å². The van der Waals surface area contributed by atoms with E-state index < -0.39 is 5.41 Å². The van der Waals surface area contributed by atoms with Crippen LogP contribution in [0.5, 0.6) is 11.5 Å². The molecule has 1 aliphatic rings.